The first-order valence-electron chi connectivity index (χ1n) is 7.26. The second-order valence-electron chi connectivity index (χ2n) is 5.88. The Hall–Kier alpha value is -3.05. The molecule has 25 heavy (non-hydrogen) atoms. The van der Waals surface area contributed by atoms with Crippen LogP contribution < -0.4 is 5.32 Å². The van der Waals surface area contributed by atoms with Gasteiger partial charge in [0, 0.05) is 23.5 Å². The lowest BCUT2D eigenvalue weighted by atomic mass is 9.98. The van der Waals surface area contributed by atoms with Crippen molar-refractivity contribution in [3.8, 4) is 6.07 Å². The second kappa shape index (κ2) is 7.23. The summed E-state index contributed by atoms with van der Waals surface area (Å²) in [4.78, 5) is 3.54. The van der Waals surface area contributed by atoms with Gasteiger partial charge in [-0.05, 0) is 32.1 Å². The number of aliphatic hydroxyl groups is 1. The number of hydrogen-bond donors (Lipinski definition) is 3. The van der Waals surface area contributed by atoms with E-state index in [1.165, 1.54) is 32.2 Å². The van der Waals surface area contributed by atoms with Gasteiger partial charge >= 0.3 is 0 Å². The van der Waals surface area contributed by atoms with Gasteiger partial charge in [0.25, 0.3) is 0 Å². The minimum absolute atomic E-state index is 0.0408. The largest absolute Gasteiger partial charge is 0.486 e. The van der Waals surface area contributed by atoms with Gasteiger partial charge in [0.05, 0.1) is 16.9 Å². The van der Waals surface area contributed by atoms with Crippen LogP contribution in [0.1, 0.15) is 19.4 Å². The third-order valence-corrected chi connectivity index (χ3v) is 3.15. The van der Waals surface area contributed by atoms with Crippen LogP contribution in [0.15, 0.2) is 47.4 Å². The SMILES string of the molecule is CC(C)(O)COC1=C(F)N/C(=C(/C#N)C=N)C(c2ccc(F)nc2)=C1. The number of dihydropyridines is 1. The molecule has 0 unspecified atom stereocenters. The van der Waals surface area contributed by atoms with Crippen LogP contribution in [0.3, 0.4) is 0 Å². The Morgan fingerprint density at radius 3 is 2.72 bits per heavy atom. The van der Waals surface area contributed by atoms with Crippen LogP contribution in [0.4, 0.5) is 8.78 Å². The van der Waals surface area contributed by atoms with Gasteiger partial charge in [-0.15, -0.1) is 0 Å². The lowest BCUT2D eigenvalue weighted by molar-refractivity contribution is 0.00377. The number of nitrogens with one attached hydrogen (secondary N) is 2. The van der Waals surface area contributed by atoms with Crippen molar-refractivity contribution < 1.29 is 18.6 Å². The number of nitriles is 1. The molecular formula is C17H16F2N4O2. The third kappa shape index (κ3) is 4.49. The monoisotopic (exact) mass is 346 g/mol. The number of hydrogen-bond acceptors (Lipinski definition) is 6. The summed E-state index contributed by atoms with van der Waals surface area (Å²) in [6.45, 7) is 2.84. The van der Waals surface area contributed by atoms with Crippen molar-refractivity contribution in [1.29, 1.82) is 10.7 Å². The lowest BCUT2D eigenvalue weighted by Crippen LogP contribution is -2.27. The first kappa shape index (κ1) is 18.3. The first-order chi connectivity index (χ1) is 11.7. The standard InChI is InChI=1S/C17H16F2N4O2/c1-17(2,24)9-25-13-5-12(10-3-4-14(18)22-8-10)15(23-16(13)19)11(6-20)7-21/h3-6,8,20,23-24H,9H2,1-2H3/b15-11+,20-6?. The van der Waals surface area contributed by atoms with Crippen LogP contribution in [0, 0.1) is 22.7 Å². The summed E-state index contributed by atoms with van der Waals surface area (Å²) in [5.41, 5.74) is -0.553. The average molecular weight is 346 g/mol. The minimum atomic E-state index is -1.18. The summed E-state index contributed by atoms with van der Waals surface area (Å²) in [5.74, 6) is -1.74. The van der Waals surface area contributed by atoms with Crippen molar-refractivity contribution in [2.24, 2.45) is 0 Å². The highest BCUT2D eigenvalue weighted by atomic mass is 19.1. The van der Waals surface area contributed by atoms with Crippen molar-refractivity contribution in [3.63, 3.8) is 0 Å². The molecule has 0 bridgehead atoms. The summed E-state index contributed by atoms with van der Waals surface area (Å²) in [6, 6.07) is 4.32. The predicted molar refractivity (Wildman–Crippen MR) is 87.1 cm³/mol. The first-order valence-corrected chi connectivity index (χ1v) is 7.26. The number of halogens is 2. The van der Waals surface area contributed by atoms with Crippen LogP contribution in [0.2, 0.25) is 0 Å². The molecule has 1 aromatic rings. The normalized spacial score (nSPS) is 16.6. The van der Waals surface area contributed by atoms with Gasteiger partial charge in [-0.25, -0.2) is 4.98 Å². The molecule has 0 fully saturated rings. The quantitative estimate of drug-likeness (QED) is 0.329. The lowest BCUT2D eigenvalue weighted by Gasteiger charge is -2.24. The fourth-order valence-corrected chi connectivity index (χ4v) is 2.00. The van der Waals surface area contributed by atoms with Gasteiger partial charge in [-0.1, -0.05) is 0 Å². The number of pyridine rings is 1. The third-order valence-electron chi connectivity index (χ3n) is 3.15. The highest BCUT2D eigenvalue weighted by molar-refractivity contribution is 5.92. The van der Waals surface area contributed by atoms with Crippen molar-refractivity contribution >= 4 is 11.8 Å². The Morgan fingerprint density at radius 1 is 1.48 bits per heavy atom. The van der Waals surface area contributed by atoms with E-state index in [-0.39, 0.29) is 23.6 Å². The van der Waals surface area contributed by atoms with Gasteiger partial charge in [0.1, 0.15) is 12.7 Å². The number of nitrogens with zero attached hydrogens (tertiary/aromatic N) is 2. The van der Waals surface area contributed by atoms with Crippen molar-refractivity contribution in [2.45, 2.75) is 19.4 Å². The molecule has 0 saturated carbocycles. The summed E-state index contributed by atoms with van der Waals surface area (Å²) >= 11 is 0. The Morgan fingerprint density at radius 2 is 2.20 bits per heavy atom. The molecule has 0 amide bonds. The van der Waals surface area contributed by atoms with Gasteiger partial charge in [-0.3, -0.25) is 0 Å². The zero-order chi connectivity index (χ0) is 18.6. The average Bonchev–Trinajstić information content (AvgIpc) is 2.55. The van der Waals surface area contributed by atoms with Crippen LogP contribution in [-0.4, -0.2) is 28.5 Å². The molecule has 1 aliphatic heterocycles. The van der Waals surface area contributed by atoms with Crippen molar-refractivity contribution in [3.05, 3.63) is 58.9 Å². The maximum Gasteiger partial charge on any atom is 0.233 e. The molecule has 6 nitrogen and oxygen atoms in total. The smallest absolute Gasteiger partial charge is 0.233 e. The van der Waals surface area contributed by atoms with E-state index in [9.17, 15) is 13.9 Å². The number of rotatable bonds is 5. The highest BCUT2D eigenvalue weighted by Crippen LogP contribution is 2.31. The number of ether oxygens (including phenoxy) is 1. The molecule has 130 valence electrons. The van der Waals surface area contributed by atoms with E-state index in [0.29, 0.717) is 11.1 Å². The van der Waals surface area contributed by atoms with E-state index in [0.717, 1.165) is 12.3 Å². The Balaban J connectivity index is 2.52. The molecular weight excluding hydrogens is 330 g/mol. The van der Waals surface area contributed by atoms with Crippen LogP contribution in [-0.2, 0) is 4.74 Å². The zero-order valence-corrected chi connectivity index (χ0v) is 13.6. The molecule has 0 spiro atoms. The molecule has 1 aromatic heterocycles. The van der Waals surface area contributed by atoms with Gasteiger partial charge in [-0.2, -0.15) is 14.0 Å². The van der Waals surface area contributed by atoms with E-state index in [4.69, 9.17) is 15.4 Å². The number of aromatic nitrogens is 1. The van der Waals surface area contributed by atoms with Gasteiger partial charge in [0.2, 0.25) is 11.9 Å². The molecule has 0 radical (unpaired) electrons. The number of allylic oxidation sites excluding steroid dienone is 3. The van der Waals surface area contributed by atoms with Crippen LogP contribution in [0.5, 0.6) is 0 Å². The van der Waals surface area contributed by atoms with Gasteiger partial charge < -0.3 is 20.6 Å². The molecule has 2 heterocycles. The Labute approximate surface area is 143 Å². The molecule has 0 aromatic carbocycles. The van der Waals surface area contributed by atoms with Crippen molar-refractivity contribution in [1.82, 2.24) is 10.3 Å². The molecule has 1 aliphatic rings. The van der Waals surface area contributed by atoms with Crippen LogP contribution in [0.25, 0.3) is 5.57 Å². The van der Waals surface area contributed by atoms with E-state index in [2.05, 4.69) is 10.3 Å². The molecule has 8 heteroatoms. The second-order valence-corrected chi connectivity index (χ2v) is 5.88. The zero-order valence-electron chi connectivity index (χ0n) is 13.6. The van der Waals surface area contributed by atoms with Crippen molar-refractivity contribution in [2.75, 3.05) is 6.61 Å². The summed E-state index contributed by atoms with van der Waals surface area (Å²) < 4.78 is 32.6. The summed E-state index contributed by atoms with van der Waals surface area (Å²) in [7, 11) is 0. The Kier molecular flexibility index (Phi) is 5.29. The maximum absolute atomic E-state index is 14.3. The minimum Gasteiger partial charge on any atom is -0.486 e. The molecule has 2 rings (SSSR count). The topological polar surface area (TPSA) is 102 Å². The Bertz CT molecular complexity index is 813. The maximum atomic E-state index is 14.3. The van der Waals surface area contributed by atoms with E-state index >= 15 is 0 Å². The highest BCUT2D eigenvalue weighted by Gasteiger charge is 2.24. The summed E-state index contributed by atoms with van der Waals surface area (Å²) in [6.07, 6.45) is 3.31. The van der Waals surface area contributed by atoms with Gasteiger partial charge in [0.15, 0.2) is 5.76 Å². The van der Waals surface area contributed by atoms with Crippen LogP contribution >= 0.6 is 0 Å². The predicted octanol–water partition coefficient (Wildman–Crippen LogP) is 2.56. The summed E-state index contributed by atoms with van der Waals surface area (Å²) in [5, 5.41) is 28.6. The van der Waals surface area contributed by atoms with E-state index < -0.39 is 17.5 Å². The fraction of sp³-hybridized carbons (Fsp3) is 0.235. The van der Waals surface area contributed by atoms with E-state index in [1.807, 2.05) is 0 Å². The molecule has 0 atom stereocenters. The molecule has 0 saturated heterocycles. The van der Waals surface area contributed by atoms with E-state index in [1.54, 1.807) is 6.07 Å². The molecule has 0 aliphatic carbocycles. The molecule has 3 N–H and O–H groups in total. The fourth-order valence-electron chi connectivity index (χ4n) is 2.00.